The molecule has 1 atom stereocenters. The van der Waals surface area contributed by atoms with Gasteiger partial charge in [-0.3, -0.25) is 0 Å². The average Bonchev–Trinajstić information content (AvgIpc) is 2.97. The number of anilines is 4. The molecule has 8 nitrogen and oxygen atoms in total. The quantitative estimate of drug-likeness (QED) is 0.184. The Balaban J connectivity index is 1.55. The van der Waals surface area contributed by atoms with Crippen LogP contribution in [0, 0.1) is 0 Å². The van der Waals surface area contributed by atoms with E-state index in [0.29, 0.717) is 24.1 Å². The standard InChI is InChI=1S/C31H37N5O3/c1-5-36(6-2)19-20-39-26-17-15-25(16-18-26)33-31-32-21-27(24-13-11-23(12-14-24)22(3)37)30(35-31)34-28-9-7-8-10-29(28)38-4/h7-18,21-22,37H,5-6,19-20H2,1-4H3,(H2,32,33,34,35). The third-order valence-electron chi connectivity index (χ3n) is 6.53. The van der Waals surface area contributed by atoms with E-state index in [2.05, 4.69) is 34.4 Å². The topological polar surface area (TPSA) is 91.8 Å². The van der Waals surface area contributed by atoms with Crippen LogP contribution in [0.5, 0.6) is 11.5 Å². The van der Waals surface area contributed by atoms with E-state index in [1.165, 1.54) is 0 Å². The summed E-state index contributed by atoms with van der Waals surface area (Å²) in [4.78, 5) is 11.7. The van der Waals surface area contributed by atoms with Gasteiger partial charge in [0.05, 0.1) is 18.9 Å². The molecule has 1 heterocycles. The van der Waals surface area contributed by atoms with Crippen molar-refractivity contribution in [3.8, 4) is 22.6 Å². The van der Waals surface area contributed by atoms with Gasteiger partial charge in [-0.2, -0.15) is 4.98 Å². The number of para-hydroxylation sites is 2. The van der Waals surface area contributed by atoms with Crippen LogP contribution in [0.1, 0.15) is 32.4 Å². The normalized spacial score (nSPS) is 11.7. The summed E-state index contributed by atoms with van der Waals surface area (Å²) >= 11 is 0. The molecule has 1 aromatic heterocycles. The number of aliphatic hydroxyl groups is 1. The maximum Gasteiger partial charge on any atom is 0.229 e. The predicted molar refractivity (Wildman–Crippen MR) is 157 cm³/mol. The zero-order chi connectivity index (χ0) is 27.6. The Morgan fingerprint density at radius 2 is 1.64 bits per heavy atom. The first-order valence-electron chi connectivity index (χ1n) is 13.3. The maximum absolute atomic E-state index is 9.90. The Hall–Kier alpha value is -4.14. The molecule has 0 fully saturated rings. The van der Waals surface area contributed by atoms with Gasteiger partial charge in [0.1, 0.15) is 23.9 Å². The van der Waals surface area contributed by atoms with Crippen molar-refractivity contribution in [1.82, 2.24) is 14.9 Å². The van der Waals surface area contributed by atoms with Crippen molar-refractivity contribution in [2.24, 2.45) is 0 Å². The lowest BCUT2D eigenvalue weighted by molar-refractivity contribution is 0.199. The highest BCUT2D eigenvalue weighted by Gasteiger charge is 2.13. The van der Waals surface area contributed by atoms with Gasteiger partial charge in [-0.05, 0) is 67.5 Å². The second-order valence-electron chi connectivity index (χ2n) is 9.10. The summed E-state index contributed by atoms with van der Waals surface area (Å²) in [6.07, 6.45) is 1.25. The number of aliphatic hydroxyl groups excluding tert-OH is 1. The molecule has 204 valence electrons. The highest BCUT2D eigenvalue weighted by molar-refractivity contribution is 5.80. The highest BCUT2D eigenvalue weighted by atomic mass is 16.5. The Labute approximate surface area is 230 Å². The molecule has 39 heavy (non-hydrogen) atoms. The summed E-state index contributed by atoms with van der Waals surface area (Å²) < 4.78 is 11.4. The summed E-state index contributed by atoms with van der Waals surface area (Å²) in [6.45, 7) is 9.64. The number of rotatable bonds is 13. The van der Waals surface area contributed by atoms with E-state index >= 15 is 0 Å². The summed E-state index contributed by atoms with van der Waals surface area (Å²) in [6, 6.07) is 23.2. The van der Waals surface area contributed by atoms with E-state index < -0.39 is 6.10 Å². The van der Waals surface area contributed by atoms with Crippen molar-refractivity contribution >= 4 is 23.1 Å². The smallest absolute Gasteiger partial charge is 0.229 e. The van der Waals surface area contributed by atoms with Crippen LogP contribution < -0.4 is 20.1 Å². The summed E-state index contributed by atoms with van der Waals surface area (Å²) in [5.41, 5.74) is 4.23. The number of nitrogens with zero attached hydrogens (tertiary/aromatic N) is 3. The van der Waals surface area contributed by atoms with Crippen molar-refractivity contribution in [1.29, 1.82) is 0 Å². The monoisotopic (exact) mass is 527 g/mol. The third-order valence-corrected chi connectivity index (χ3v) is 6.53. The second-order valence-corrected chi connectivity index (χ2v) is 9.10. The van der Waals surface area contributed by atoms with Crippen molar-refractivity contribution < 1.29 is 14.6 Å². The van der Waals surface area contributed by atoms with Crippen LogP contribution in [-0.4, -0.2) is 53.3 Å². The van der Waals surface area contributed by atoms with Gasteiger partial charge in [0, 0.05) is 24.0 Å². The van der Waals surface area contributed by atoms with Gasteiger partial charge in [-0.1, -0.05) is 50.2 Å². The van der Waals surface area contributed by atoms with E-state index in [9.17, 15) is 5.11 Å². The number of hydrogen-bond acceptors (Lipinski definition) is 8. The van der Waals surface area contributed by atoms with Gasteiger partial charge in [-0.25, -0.2) is 4.98 Å². The molecule has 0 bridgehead atoms. The first-order chi connectivity index (χ1) is 19.0. The molecule has 0 saturated heterocycles. The van der Waals surface area contributed by atoms with E-state index in [1.54, 1.807) is 20.2 Å². The lowest BCUT2D eigenvalue weighted by Crippen LogP contribution is -2.27. The first kappa shape index (κ1) is 27.9. The number of aromatic nitrogens is 2. The van der Waals surface area contributed by atoms with Gasteiger partial charge in [0.25, 0.3) is 0 Å². The Kier molecular flexibility index (Phi) is 9.72. The van der Waals surface area contributed by atoms with Gasteiger partial charge in [-0.15, -0.1) is 0 Å². The minimum absolute atomic E-state index is 0.451. The van der Waals surface area contributed by atoms with Crippen LogP contribution in [0.4, 0.5) is 23.1 Å². The van der Waals surface area contributed by atoms with Gasteiger partial charge in [0.2, 0.25) is 5.95 Å². The Bertz CT molecular complexity index is 1320. The minimum atomic E-state index is -0.535. The molecule has 3 aromatic carbocycles. The maximum atomic E-state index is 9.90. The number of methoxy groups -OCH3 is 1. The first-order valence-corrected chi connectivity index (χ1v) is 13.3. The molecule has 0 spiro atoms. The third kappa shape index (κ3) is 7.46. The van der Waals surface area contributed by atoms with Gasteiger partial charge < -0.3 is 30.1 Å². The Morgan fingerprint density at radius 1 is 0.923 bits per heavy atom. The van der Waals surface area contributed by atoms with Gasteiger partial charge in [0.15, 0.2) is 0 Å². The van der Waals surface area contributed by atoms with Crippen molar-refractivity contribution in [3.05, 3.63) is 84.6 Å². The Morgan fingerprint density at radius 3 is 2.31 bits per heavy atom. The molecule has 1 unspecified atom stereocenters. The van der Waals surface area contributed by atoms with E-state index in [1.807, 2.05) is 72.8 Å². The van der Waals surface area contributed by atoms with E-state index in [0.717, 1.165) is 53.4 Å². The zero-order valence-corrected chi connectivity index (χ0v) is 23.0. The van der Waals surface area contributed by atoms with Crippen LogP contribution in [0.3, 0.4) is 0 Å². The lowest BCUT2D eigenvalue weighted by atomic mass is 10.0. The number of likely N-dealkylation sites (N-methyl/N-ethyl adjacent to an activating group) is 1. The van der Waals surface area contributed by atoms with Crippen LogP contribution in [-0.2, 0) is 0 Å². The fourth-order valence-corrected chi connectivity index (χ4v) is 4.16. The van der Waals surface area contributed by atoms with E-state index in [-0.39, 0.29) is 0 Å². The molecule has 0 aliphatic heterocycles. The van der Waals surface area contributed by atoms with Gasteiger partial charge >= 0.3 is 0 Å². The molecule has 0 aliphatic rings. The molecule has 0 radical (unpaired) electrons. The van der Waals surface area contributed by atoms with Crippen molar-refractivity contribution in [2.45, 2.75) is 26.9 Å². The number of ether oxygens (including phenoxy) is 2. The average molecular weight is 528 g/mol. The summed E-state index contributed by atoms with van der Waals surface area (Å²) in [7, 11) is 1.64. The molecule has 4 aromatic rings. The largest absolute Gasteiger partial charge is 0.495 e. The fourth-order valence-electron chi connectivity index (χ4n) is 4.16. The fraction of sp³-hybridized carbons (Fsp3) is 0.290. The molecule has 8 heteroatoms. The summed E-state index contributed by atoms with van der Waals surface area (Å²) in [5, 5.41) is 16.6. The molecule has 3 N–H and O–H groups in total. The summed E-state index contributed by atoms with van der Waals surface area (Å²) in [5.74, 6) is 2.60. The number of benzene rings is 3. The van der Waals surface area contributed by atoms with Crippen LogP contribution in [0.25, 0.3) is 11.1 Å². The molecule has 0 amide bonds. The molecule has 4 rings (SSSR count). The minimum Gasteiger partial charge on any atom is -0.495 e. The highest BCUT2D eigenvalue weighted by Crippen LogP contribution is 2.33. The molecular formula is C31H37N5O3. The van der Waals surface area contributed by atoms with E-state index in [4.69, 9.17) is 14.5 Å². The van der Waals surface area contributed by atoms with Crippen LogP contribution in [0.2, 0.25) is 0 Å². The van der Waals surface area contributed by atoms with Crippen LogP contribution >= 0.6 is 0 Å². The number of nitrogens with one attached hydrogen (secondary N) is 2. The van der Waals surface area contributed by atoms with Crippen molar-refractivity contribution in [2.75, 3.05) is 44.0 Å². The predicted octanol–water partition coefficient (Wildman–Crippen LogP) is 6.41. The second kappa shape index (κ2) is 13.6. The van der Waals surface area contributed by atoms with Crippen molar-refractivity contribution in [3.63, 3.8) is 0 Å². The molecule has 0 aliphatic carbocycles. The van der Waals surface area contributed by atoms with Crippen LogP contribution in [0.15, 0.2) is 79.0 Å². The lowest BCUT2D eigenvalue weighted by Gasteiger charge is -2.18. The molecule has 0 saturated carbocycles. The SMILES string of the molecule is CCN(CC)CCOc1ccc(Nc2ncc(-c3ccc(C(C)O)cc3)c(Nc3ccccc3OC)n2)cc1. The molecular weight excluding hydrogens is 490 g/mol. The number of hydrogen-bond donors (Lipinski definition) is 3. The zero-order valence-electron chi connectivity index (χ0n) is 23.0.